The monoisotopic (exact) mass is 445 g/mol. The maximum absolute atomic E-state index is 13.2. The van der Waals surface area contributed by atoms with Crippen LogP contribution in [-0.4, -0.2) is 22.9 Å². The van der Waals surface area contributed by atoms with Gasteiger partial charge in [-0.25, -0.2) is 0 Å². The summed E-state index contributed by atoms with van der Waals surface area (Å²) in [6, 6.07) is 1.12. The zero-order valence-electron chi connectivity index (χ0n) is 21.6. The Bertz CT molecular complexity index is 455. The summed E-state index contributed by atoms with van der Waals surface area (Å²) in [5.74, 6) is 0.487. The van der Waals surface area contributed by atoms with Crippen LogP contribution in [0.1, 0.15) is 161 Å². The molecule has 0 atom stereocenters. The average molecular weight is 446 g/mol. The zero-order valence-corrected chi connectivity index (χ0v) is 21.6. The van der Waals surface area contributed by atoms with E-state index in [9.17, 15) is 4.79 Å². The van der Waals surface area contributed by atoms with Crippen molar-refractivity contribution in [3.8, 4) is 0 Å². The second-order valence-corrected chi connectivity index (χ2v) is 10.7. The van der Waals surface area contributed by atoms with E-state index >= 15 is 0 Å². The highest BCUT2D eigenvalue weighted by Crippen LogP contribution is 2.31. The molecule has 2 saturated carbocycles. The molecule has 0 bridgehead atoms. The summed E-state index contributed by atoms with van der Waals surface area (Å²) < 4.78 is 0. The van der Waals surface area contributed by atoms with E-state index in [1.807, 2.05) is 0 Å². The van der Waals surface area contributed by atoms with E-state index in [1.165, 1.54) is 141 Å². The van der Waals surface area contributed by atoms with Crippen molar-refractivity contribution in [1.29, 1.82) is 0 Å². The van der Waals surface area contributed by atoms with Crippen LogP contribution in [0.25, 0.3) is 0 Å². The highest BCUT2D eigenvalue weighted by molar-refractivity contribution is 5.77. The molecule has 0 saturated heterocycles. The maximum atomic E-state index is 13.2. The number of hydrogen-bond acceptors (Lipinski definition) is 1. The van der Waals surface area contributed by atoms with Crippen molar-refractivity contribution in [3.63, 3.8) is 0 Å². The second kappa shape index (κ2) is 18.6. The number of hydrogen-bond donors (Lipinski definition) is 0. The molecule has 2 heteroatoms. The highest BCUT2D eigenvalue weighted by Gasteiger charge is 2.31. The molecule has 0 heterocycles. The molecule has 2 fully saturated rings. The lowest BCUT2D eigenvalue weighted by Gasteiger charge is -2.42. The first-order valence-electron chi connectivity index (χ1n) is 14.8. The Morgan fingerprint density at radius 3 is 1.56 bits per heavy atom. The Balaban J connectivity index is 1.50. The van der Waals surface area contributed by atoms with E-state index in [1.54, 1.807) is 0 Å². The van der Waals surface area contributed by atoms with Gasteiger partial charge in [-0.3, -0.25) is 4.79 Å². The summed E-state index contributed by atoms with van der Waals surface area (Å²) in [5, 5.41) is 0. The van der Waals surface area contributed by atoms with Gasteiger partial charge < -0.3 is 4.90 Å². The number of allylic oxidation sites excluding steroid dienone is 2. The lowest BCUT2D eigenvalue weighted by atomic mass is 9.88. The Labute approximate surface area is 201 Å². The van der Waals surface area contributed by atoms with E-state index in [-0.39, 0.29) is 0 Å². The van der Waals surface area contributed by atoms with Crippen LogP contribution in [0.5, 0.6) is 0 Å². The SMILES string of the molecule is CCCCCCCC/C=C\CCCCCCCC(=O)N(C1CCCCC1)C1CCCCC1. The number of unbranched alkanes of at least 4 members (excludes halogenated alkanes) is 11. The average Bonchev–Trinajstić information content (AvgIpc) is 2.83. The summed E-state index contributed by atoms with van der Waals surface area (Å²) in [7, 11) is 0. The van der Waals surface area contributed by atoms with Gasteiger partial charge in [0.25, 0.3) is 0 Å². The molecule has 2 aliphatic carbocycles. The van der Waals surface area contributed by atoms with Gasteiger partial charge in [0.1, 0.15) is 0 Å². The number of rotatable bonds is 17. The topological polar surface area (TPSA) is 20.3 Å². The Hall–Kier alpha value is -0.790. The molecule has 2 rings (SSSR count). The minimum atomic E-state index is 0.487. The highest BCUT2D eigenvalue weighted by atomic mass is 16.2. The van der Waals surface area contributed by atoms with Gasteiger partial charge in [-0.1, -0.05) is 109 Å². The summed E-state index contributed by atoms with van der Waals surface area (Å²) in [4.78, 5) is 15.6. The third-order valence-electron chi connectivity index (χ3n) is 7.88. The molecule has 0 spiro atoms. The zero-order chi connectivity index (χ0) is 22.7. The van der Waals surface area contributed by atoms with Gasteiger partial charge in [-0.2, -0.15) is 0 Å². The van der Waals surface area contributed by atoms with Crippen LogP contribution in [0.2, 0.25) is 0 Å². The van der Waals surface area contributed by atoms with Crippen molar-refractivity contribution < 1.29 is 4.79 Å². The van der Waals surface area contributed by atoms with E-state index in [0.29, 0.717) is 18.0 Å². The molecule has 1 amide bonds. The summed E-state index contributed by atoms with van der Waals surface area (Å²) in [6.07, 6.45) is 35.8. The van der Waals surface area contributed by atoms with E-state index < -0.39 is 0 Å². The van der Waals surface area contributed by atoms with Crippen molar-refractivity contribution in [3.05, 3.63) is 12.2 Å². The van der Waals surface area contributed by atoms with Crippen molar-refractivity contribution >= 4 is 5.91 Å². The van der Waals surface area contributed by atoms with Gasteiger partial charge in [-0.05, 0) is 57.8 Å². The fourth-order valence-corrected chi connectivity index (χ4v) is 5.90. The van der Waals surface area contributed by atoms with Crippen LogP contribution in [0, 0.1) is 0 Å². The van der Waals surface area contributed by atoms with E-state index in [2.05, 4.69) is 24.0 Å². The van der Waals surface area contributed by atoms with Crippen LogP contribution >= 0.6 is 0 Å². The molecule has 0 N–H and O–H groups in total. The van der Waals surface area contributed by atoms with Gasteiger partial charge >= 0.3 is 0 Å². The number of amides is 1. The normalized spacial score (nSPS) is 18.4. The smallest absolute Gasteiger partial charge is 0.223 e. The molecule has 2 aliphatic rings. The first kappa shape index (κ1) is 27.5. The van der Waals surface area contributed by atoms with E-state index in [4.69, 9.17) is 0 Å². The first-order chi connectivity index (χ1) is 15.8. The van der Waals surface area contributed by atoms with Crippen LogP contribution in [0.15, 0.2) is 12.2 Å². The fourth-order valence-electron chi connectivity index (χ4n) is 5.90. The second-order valence-electron chi connectivity index (χ2n) is 10.7. The summed E-state index contributed by atoms with van der Waals surface area (Å²) in [6.45, 7) is 2.28. The van der Waals surface area contributed by atoms with E-state index in [0.717, 1.165) is 12.8 Å². The predicted octanol–water partition coefficient (Wildman–Crippen LogP) is 9.52. The van der Waals surface area contributed by atoms with Crippen LogP contribution in [-0.2, 0) is 4.79 Å². The molecule has 0 unspecified atom stereocenters. The van der Waals surface area contributed by atoms with Crippen molar-refractivity contribution in [2.45, 2.75) is 173 Å². The standard InChI is InChI=1S/C30H55NO/c1-2-3-4-5-6-7-8-9-10-11-12-13-14-15-22-27-30(32)31(28-23-18-16-19-24-28)29-25-20-17-21-26-29/h9-10,28-29H,2-8,11-27H2,1H3/b10-9-. The predicted molar refractivity (Wildman–Crippen MR) is 140 cm³/mol. The van der Waals surface area contributed by atoms with Gasteiger partial charge in [-0.15, -0.1) is 0 Å². The molecule has 0 aromatic rings. The van der Waals surface area contributed by atoms with Crippen LogP contribution < -0.4 is 0 Å². The van der Waals surface area contributed by atoms with Gasteiger partial charge in [0.2, 0.25) is 5.91 Å². The molecule has 0 aromatic carbocycles. The largest absolute Gasteiger partial charge is 0.337 e. The Morgan fingerprint density at radius 2 is 1.06 bits per heavy atom. The Kier molecular flexibility index (Phi) is 16.0. The van der Waals surface area contributed by atoms with Crippen molar-refractivity contribution in [2.75, 3.05) is 0 Å². The van der Waals surface area contributed by atoms with Crippen LogP contribution in [0.3, 0.4) is 0 Å². The van der Waals surface area contributed by atoms with Gasteiger partial charge in [0.15, 0.2) is 0 Å². The molecule has 2 nitrogen and oxygen atoms in total. The number of carbonyl (C=O) groups excluding carboxylic acids is 1. The molecule has 0 aliphatic heterocycles. The van der Waals surface area contributed by atoms with Gasteiger partial charge in [0, 0.05) is 18.5 Å². The van der Waals surface area contributed by atoms with Gasteiger partial charge in [0.05, 0.1) is 0 Å². The summed E-state index contributed by atoms with van der Waals surface area (Å²) in [5.41, 5.74) is 0. The molecule has 0 aromatic heterocycles. The maximum Gasteiger partial charge on any atom is 0.223 e. The fraction of sp³-hybridized carbons (Fsp3) is 0.900. The first-order valence-corrected chi connectivity index (χ1v) is 14.8. The molecular weight excluding hydrogens is 390 g/mol. The lowest BCUT2D eigenvalue weighted by molar-refractivity contribution is -0.138. The molecule has 186 valence electrons. The molecular formula is C30H55NO. The van der Waals surface area contributed by atoms with Crippen molar-refractivity contribution in [2.24, 2.45) is 0 Å². The quantitative estimate of drug-likeness (QED) is 0.161. The third kappa shape index (κ3) is 11.9. The number of nitrogens with zero attached hydrogens (tertiary/aromatic N) is 1. The van der Waals surface area contributed by atoms with Crippen LogP contribution in [0.4, 0.5) is 0 Å². The summed E-state index contributed by atoms with van der Waals surface area (Å²) >= 11 is 0. The third-order valence-corrected chi connectivity index (χ3v) is 7.88. The minimum Gasteiger partial charge on any atom is -0.337 e. The molecule has 32 heavy (non-hydrogen) atoms. The lowest BCUT2D eigenvalue weighted by Crippen LogP contribution is -2.48. The minimum absolute atomic E-state index is 0.487. The number of carbonyl (C=O) groups is 1. The molecule has 0 radical (unpaired) electrons. The Morgan fingerprint density at radius 1 is 0.625 bits per heavy atom. The van der Waals surface area contributed by atoms with Crippen molar-refractivity contribution in [1.82, 2.24) is 4.90 Å².